The van der Waals surface area contributed by atoms with Gasteiger partial charge in [0.15, 0.2) is 0 Å². The number of sulfonamides is 1. The molecule has 1 aliphatic rings. The van der Waals surface area contributed by atoms with Gasteiger partial charge < -0.3 is 4.74 Å². The van der Waals surface area contributed by atoms with Crippen LogP contribution >= 0.6 is 11.6 Å². The van der Waals surface area contributed by atoms with Crippen LogP contribution in [0.15, 0.2) is 29.2 Å². The third kappa shape index (κ3) is 3.34. The van der Waals surface area contributed by atoms with Crippen molar-refractivity contribution in [2.45, 2.75) is 43.2 Å². The SMILES string of the molecule is CC1OCCC1(C)NS(=O)(=O)c1ccc(CCCl)cc1. The summed E-state index contributed by atoms with van der Waals surface area (Å²) in [5.74, 6) is 0.525. The Hall–Kier alpha value is -0.620. The van der Waals surface area contributed by atoms with Crippen LogP contribution in [-0.2, 0) is 21.2 Å². The topological polar surface area (TPSA) is 55.4 Å². The van der Waals surface area contributed by atoms with Gasteiger partial charge in [-0.05, 0) is 44.4 Å². The molecule has 0 bridgehead atoms. The van der Waals surface area contributed by atoms with E-state index in [1.165, 1.54) is 0 Å². The zero-order valence-electron chi connectivity index (χ0n) is 11.7. The number of hydrogen-bond donors (Lipinski definition) is 1. The molecule has 1 heterocycles. The van der Waals surface area contributed by atoms with E-state index in [0.717, 1.165) is 12.0 Å². The number of ether oxygens (including phenoxy) is 1. The van der Waals surface area contributed by atoms with Gasteiger partial charge >= 0.3 is 0 Å². The molecule has 1 N–H and O–H groups in total. The lowest BCUT2D eigenvalue weighted by atomic mass is 9.97. The summed E-state index contributed by atoms with van der Waals surface area (Å²) in [7, 11) is -3.53. The Morgan fingerprint density at radius 1 is 1.40 bits per heavy atom. The first-order valence-corrected chi connectivity index (χ1v) is 8.70. The molecule has 2 unspecified atom stereocenters. The van der Waals surface area contributed by atoms with Crippen LogP contribution in [0.2, 0.25) is 0 Å². The van der Waals surface area contributed by atoms with Crippen LogP contribution in [0.5, 0.6) is 0 Å². The molecule has 2 rings (SSSR count). The predicted molar refractivity (Wildman–Crippen MR) is 79.6 cm³/mol. The summed E-state index contributed by atoms with van der Waals surface area (Å²) >= 11 is 5.67. The first kappa shape index (κ1) is 15.8. The maximum Gasteiger partial charge on any atom is 0.241 e. The van der Waals surface area contributed by atoms with Crippen LogP contribution in [0.4, 0.5) is 0 Å². The van der Waals surface area contributed by atoms with Crippen molar-refractivity contribution in [3.63, 3.8) is 0 Å². The molecule has 1 aromatic carbocycles. The van der Waals surface area contributed by atoms with Gasteiger partial charge in [-0.1, -0.05) is 12.1 Å². The predicted octanol–water partition coefficient (Wildman–Crippen LogP) is 2.31. The van der Waals surface area contributed by atoms with Crippen molar-refractivity contribution >= 4 is 21.6 Å². The largest absolute Gasteiger partial charge is 0.376 e. The van der Waals surface area contributed by atoms with Gasteiger partial charge in [-0.25, -0.2) is 13.1 Å². The summed E-state index contributed by atoms with van der Waals surface area (Å²) in [6.45, 7) is 4.35. The summed E-state index contributed by atoms with van der Waals surface area (Å²) in [4.78, 5) is 0.274. The normalized spacial score (nSPS) is 26.9. The molecule has 0 spiro atoms. The fraction of sp³-hybridized carbons (Fsp3) is 0.571. The molecular weight excluding hydrogens is 298 g/mol. The minimum atomic E-state index is -3.53. The van der Waals surface area contributed by atoms with E-state index in [1.54, 1.807) is 24.3 Å². The van der Waals surface area contributed by atoms with E-state index in [0.29, 0.717) is 18.9 Å². The van der Waals surface area contributed by atoms with Gasteiger partial charge in [-0.15, -0.1) is 11.6 Å². The maximum absolute atomic E-state index is 12.4. The molecule has 0 amide bonds. The van der Waals surface area contributed by atoms with Gasteiger partial charge in [0.05, 0.1) is 16.5 Å². The Morgan fingerprint density at radius 2 is 2.05 bits per heavy atom. The minimum absolute atomic E-state index is 0.132. The quantitative estimate of drug-likeness (QED) is 0.848. The number of aryl methyl sites for hydroxylation is 1. The van der Waals surface area contributed by atoms with Crippen molar-refractivity contribution in [1.82, 2.24) is 4.72 Å². The van der Waals surface area contributed by atoms with Crippen LogP contribution in [0.3, 0.4) is 0 Å². The van der Waals surface area contributed by atoms with E-state index in [2.05, 4.69) is 4.72 Å². The summed E-state index contributed by atoms with van der Waals surface area (Å²) in [6.07, 6.45) is 1.28. The molecular formula is C14H20ClNO3S. The highest BCUT2D eigenvalue weighted by Crippen LogP contribution is 2.27. The molecule has 6 heteroatoms. The second kappa shape index (κ2) is 6.02. The zero-order chi connectivity index (χ0) is 14.8. The summed E-state index contributed by atoms with van der Waals surface area (Å²) in [5.41, 5.74) is 0.482. The lowest BCUT2D eigenvalue weighted by Crippen LogP contribution is -2.50. The fourth-order valence-electron chi connectivity index (χ4n) is 2.28. The summed E-state index contributed by atoms with van der Waals surface area (Å²) in [6, 6.07) is 6.84. The molecule has 0 aromatic heterocycles. The molecule has 0 aliphatic carbocycles. The van der Waals surface area contributed by atoms with E-state index in [4.69, 9.17) is 16.3 Å². The molecule has 20 heavy (non-hydrogen) atoms. The molecule has 0 radical (unpaired) electrons. The number of benzene rings is 1. The zero-order valence-corrected chi connectivity index (χ0v) is 13.3. The molecule has 1 aliphatic heterocycles. The van der Waals surface area contributed by atoms with Crippen molar-refractivity contribution in [1.29, 1.82) is 0 Å². The summed E-state index contributed by atoms with van der Waals surface area (Å²) < 4.78 is 33.1. The van der Waals surface area contributed by atoms with Crippen LogP contribution < -0.4 is 4.72 Å². The first-order valence-electron chi connectivity index (χ1n) is 6.68. The molecule has 1 fully saturated rings. The number of hydrogen-bond acceptors (Lipinski definition) is 3. The van der Waals surface area contributed by atoms with Crippen LogP contribution in [0.25, 0.3) is 0 Å². The molecule has 1 saturated heterocycles. The molecule has 0 saturated carbocycles. The molecule has 1 aromatic rings. The second-order valence-electron chi connectivity index (χ2n) is 5.37. The van der Waals surface area contributed by atoms with Gasteiger partial charge in [0.1, 0.15) is 0 Å². The monoisotopic (exact) mass is 317 g/mol. The van der Waals surface area contributed by atoms with Crippen LogP contribution in [0, 0.1) is 0 Å². The molecule has 4 nitrogen and oxygen atoms in total. The van der Waals surface area contributed by atoms with Gasteiger partial charge in [-0.3, -0.25) is 0 Å². The minimum Gasteiger partial charge on any atom is -0.376 e. The average Bonchev–Trinajstić information content (AvgIpc) is 2.69. The highest BCUT2D eigenvalue weighted by atomic mass is 35.5. The third-order valence-corrected chi connectivity index (χ3v) is 5.69. The third-order valence-electron chi connectivity index (χ3n) is 3.87. The Kier molecular flexibility index (Phi) is 4.74. The lowest BCUT2D eigenvalue weighted by Gasteiger charge is -2.28. The first-order chi connectivity index (χ1) is 9.37. The molecule has 112 valence electrons. The molecule has 2 atom stereocenters. The van der Waals surface area contributed by atoms with Crippen molar-refractivity contribution in [3.8, 4) is 0 Å². The summed E-state index contributed by atoms with van der Waals surface area (Å²) in [5, 5.41) is 0. The smallest absolute Gasteiger partial charge is 0.241 e. The van der Waals surface area contributed by atoms with Crippen molar-refractivity contribution in [3.05, 3.63) is 29.8 Å². The Balaban J connectivity index is 2.18. The highest BCUT2D eigenvalue weighted by Gasteiger charge is 2.40. The van der Waals surface area contributed by atoms with Gasteiger partial charge in [0, 0.05) is 12.5 Å². The van der Waals surface area contributed by atoms with E-state index in [1.807, 2.05) is 13.8 Å². The maximum atomic E-state index is 12.4. The van der Waals surface area contributed by atoms with Crippen LogP contribution in [-0.4, -0.2) is 32.5 Å². The van der Waals surface area contributed by atoms with Crippen molar-refractivity contribution in [2.75, 3.05) is 12.5 Å². The second-order valence-corrected chi connectivity index (χ2v) is 7.43. The highest BCUT2D eigenvalue weighted by molar-refractivity contribution is 7.89. The lowest BCUT2D eigenvalue weighted by molar-refractivity contribution is 0.0957. The Morgan fingerprint density at radius 3 is 2.55 bits per heavy atom. The van der Waals surface area contributed by atoms with E-state index in [-0.39, 0.29) is 11.0 Å². The number of nitrogens with one attached hydrogen (secondary N) is 1. The van der Waals surface area contributed by atoms with E-state index < -0.39 is 15.6 Å². The van der Waals surface area contributed by atoms with Gasteiger partial charge in [0.25, 0.3) is 0 Å². The Labute approximate surface area is 125 Å². The average molecular weight is 318 g/mol. The van der Waals surface area contributed by atoms with Crippen molar-refractivity contribution < 1.29 is 13.2 Å². The van der Waals surface area contributed by atoms with Crippen LogP contribution in [0.1, 0.15) is 25.8 Å². The number of halogens is 1. The Bertz CT molecular complexity index is 558. The standard InChI is InChI=1S/C14H20ClNO3S/c1-11-14(2,8-10-19-11)16-20(17,18)13-5-3-12(4-6-13)7-9-15/h3-6,11,16H,7-10H2,1-2H3. The van der Waals surface area contributed by atoms with E-state index in [9.17, 15) is 8.42 Å². The number of alkyl halides is 1. The van der Waals surface area contributed by atoms with E-state index >= 15 is 0 Å². The van der Waals surface area contributed by atoms with Gasteiger partial charge in [0.2, 0.25) is 10.0 Å². The number of rotatable bonds is 5. The van der Waals surface area contributed by atoms with Gasteiger partial charge in [-0.2, -0.15) is 0 Å². The fourth-order valence-corrected chi connectivity index (χ4v) is 3.99. The van der Waals surface area contributed by atoms with Crippen molar-refractivity contribution in [2.24, 2.45) is 0 Å².